The molecule has 1 aliphatic rings. The van der Waals surface area contributed by atoms with Gasteiger partial charge < -0.3 is 24.6 Å². The minimum Gasteiger partial charge on any atom is -0.497 e. The minimum absolute atomic E-state index is 0.0622. The molecule has 0 aliphatic carbocycles. The molecule has 1 amide bonds. The van der Waals surface area contributed by atoms with Crippen molar-refractivity contribution in [3.63, 3.8) is 0 Å². The number of allylic oxidation sites excluding steroid dienone is 1. The number of benzene rings is 3. The number of hydrogen-bond acceptors (Lipinski definition) is 7. The molecular weight excluding hydrogens is 530 g/mol. The van der Waals surface area contributed by atoms with Gasteiger partial charge in [0, 0.05) is 47.9 Å². The monoisotopic (exact) mass is 569 g/mol. The highest BCUT2D eigenvalue weighted by atomic mass is 16.5. The van der Waals surface area contributed by atoms with Crippen LogP contribution in [0.2, 0.25) is 0 Å². The maximum absolute atomic E-state index is 10.8. The predicted octanol–water partition coefficient (Wildman–Crippen LogP) is 6.26. The van der Waals surface area contributed by atoms with Crippen molar-refractivity contribution in [1.29, 1.82) is 0 Å². The Morgan fingerprint density at radius 2 is 1.83 bits per heavy atom. The Balaban J connectivity index is 0.000000230. The van der Waals surface area contributed by atoms with E-state index in [0.717, 1.165) is 62.2 Å². The van der Waals surface area contributed by atoms with E-state index in [-0.39, 0.29) is 5.91 Å². The molecule has 0 spiro atoms. The number of aromatic nitrogens is 2. The summed E-state index contributed by atoms with van der Waals surface area (Å²) in [4.78, 5) is 20.6. The summed E-state index contributed by atoms with van der Waals surface area (Å²) in [6, 6.07) is 13.6. The summed E-state index contributed by atoms with van der Waals surface area (Å²) in [7, 11) is 3.19. The molecule has 1 aromatic heterocycles. The lowest BCUT2D eigenvalue weighted by Gasteiger charge is -2.38. The van der Waals surface area contributed by atoms with Crippen molar-refractivity contribution in [2.75, 3.05) is 14.2 Å². The third kappa shape index (κ3) is 6.39. The molecule has 220 valence electrons. The van der Waals surface area contributed by atoms with Crippen molar-refractivity contribution >= 4 is 39.9 Å². The van der Waals surface area contributed by atoms with Crippen LogP contribution < -0.4 is 19.5 Å². The van der Waals surface area contributed by atoms with Crippen LogP contribution in [0.3, 0.4) is 0 Å². The number of methoxy groups -OCH3 is 2. The van der Waals surface area contributed by atoms with E-state index in [1.165, 1.54) is 6.92 Å². The lowest BCUT2D eigenvalue weighted by molar-refractivity contribution is -0.119. The predicted molar refractivity (Wildman–Crippen MR) is 168 cm³/mol. The van der Waals surface area contributed by atoms with Crippen molar-refractivity contribution in [3.8, 4) is 17.2 Å². The van der Waals surface area contributed by atoms with E-state index >= 15 is 0 Å². The molecule has 0 saturated carbocycles. The second kappa shape index (κ2) is 13.0. The standard InChI is InChI=1S/C23H24N2O2.C11H15NO3/c1-5-7-12-18-17(6-2)24-21-16-13-19(26)23(3,4)27-22(16)15-11-9-8-10-14(15)20(21)25-18;1-8(13)12-7-9-4-5-10(14-2)6-11(9)15-3/h6-12,19,26H,2,5,13H2,1,3-4H3;4-6H,7H2,1-3H3,(H,12,13)/b12-7-;. The Bertz CT molecular complexity index is 1640. The molecule has 0 bridgehead atoms. The number of rotatable bonds is 7. The quantitative estimate of drug-likeness (QED) is 0.253. The van der Waals surface area contributed by atoms with E-state index in [9.17, 15) is 9.90 Å². The number of carbonyl (C=O) groups excluding carboxylic acids is 1. The summed E-state index contributed by atoms with van der Waals surface area (Å²) < 4.78 is 16.5. The topological polar surface area (TPSA) is 103 Å². The molecule has 1 aliphatic heterocycles. The fraction of sp³-hybridized carbons (Fsp3) is 0.324. The van der Waals surface area contributed by atoms with E-state index in [2.05, 4.69) is 31.0 Å². The molecular formula is C34H39N3O5. The van der Waals surface area contributed by atoms with Gasteiger partial charge in [-0.3, -0.25) is 4.79 Å². The molecule has 5 rings (SSSR count). The van der Waals surface area contributed by atoms with Gasteiger partial charge in [-0.25, -0.2) is 9.97 Å². The molecule has 4 aromatic rings. The van der Waals surface area contributed by atoms with Crippen molar-refractivity contribution in [2.24, 2.45) is 0 Å². The van der Waals surface area contributed by atoms with Gasteiger partial charge in [-0.1, -0.05) is 43.8 Å². The van der Waals surface area contributed by atoms with Crippen LogP contribution in [0.4, 0.5) is 0 Å². The van der Waals surface area contributed by atoms with Crippen LogP contribution in [-0.2, 0) is 17.8 Å². The number of nitrogens with one attached hydrogen (secondary N) is 1. The molecule has 8 nitrogen and oxygen atoms in total. The molecule has 0 fully saturated rings. The molecule has 2 heterocycles. The number of carbonyl (C=O) groups is 1. The Labute approximate surface area is 247 Å². The number of nitrogens with zero attached hydrogens (tertiary/aromatic N) is 2. The first-order valence-corrected chi connectivity index (χ1v) is 14.0. The van der Waals surface area contributed by atoms with Crippen molar-refractivity contribution in [3.05, 3.63) is 77.6 Å². The van der Waals surface area contributed by atoms with Gasteiger partial charge in [0.25, 0.3) is 0 Å². The van der Waals surface area contributed by atoms with Gasteiger partial charge in [0.15, 0.2) is 0 Å². The van der Waals surface area contributed by atoms with Crippen LogP contribution in [0.25, 0.3) is 34.0 Å². The molecule has 2 N–H and O–H groups in total. The smallest absolute Gasteiger partial charge is 0.217 e. The van der Waals surface area contributed by atoms with Gasteiger partial charge in [-0.05, 0) is 44.6 Å². The highest BCUT2D eigenvalue weighted by molar-refractivity contribution is 6.09. The van der Waals surface area contributed by atoms with Crippen LogP contribution in [0, 0.1) is 0 Å². The van der Waals surface area contributed by atoms with Gasteiger partial charge in [0.1, 0.15) is 22.8 Å². The van der Waals surface area contributed by atoms with Gasteiger partial charge in [-0.15, -0.1) is 0 Å². The zero-order valence-electron chi connectivity index (χ0n) is 25.2. The number of ether oxygens (including phenoxy) is 3. The zero-order valence-corrected chi connectivity index (χ0v) is 25.2. The number of amides is 1. The molecule has 0 radical (unpaired) electrons. The Hall–Kier alpha value is -4.43. The Kier molecular flexibility index (Phi) is 9.48. The molecule has 3 aromatic carbocycles. The highest BCUT2D eigenvalue weighted by Crippen LogP contribution is 2.43. The molecule has 8 heteroatoms. The van der Waals surface area contributed by atoms with Crippen molar-refractivity contribution in [1.82, 2.24) is 15.3 Å². The summed E-state index contributed by atoms with van der Waals surface area (Å²) in [5.41, 5.74) is 4.35. The average molecular weight is 570 g/mol. The second-order valence-electron chi connectivity index (χ2n) is 10.6. The average Bonchev–Trinajstić information content (AvgIpc) is 2.99. The maximum atomic E-state index is 10.8. The van der Waals surface area contributed by atoms with E-state index in [1.807, 2.05) is 50.3 Å². The summed E-state index contributed by atoms with van der Waals surface area (Å²) in [5, 5.41) is 15.3. The summed E-state index contributed by atoms with van der Waals surface area (Å²) >= 11 is 0. The minimum atomic E-state index is -0.651. The van der Waals surface area contributed by atoms with Gasteiger partial charge >= 0.3 is 0 Å². The van der Waals surface area contributed by atoms with Gasteiger partial charge in [0.05, 0.1) is 42.7 Å². The normalized spacial score (nSPS) is 15.4. The maximum Gasteiger partial charge on any atom is 0.217 e. The first kappa shape index (κ1) is 30.5. The van der Waals surface area contributed by atoms with E-state index in [0.29, 0.717) is 18.7 Å². The Morgan fingerprint density at radius 3 is 2.48 bits per heavy atom. The van der Waals surface area contributed by atoms with Gasteiger partial charge in [-0.2, -0.15) is 0 Å². The van der Waals surface area contributed by atoms with Crippen molar-refractivity contribution < 1.29 is 24.1 Å². The summed E-state index contributed by atoms with van der Waals surface area (Å²) in [6.45, 7) is 11.8. The third-order valence-corrected chi connectivity index (χ3v) is 7.23. The number of aliphatic hydroxyl groups excluding tert-OH is 1. The first-order chi connectivity index (χ1) is 20.1. The summed E-state index contributed by atoms with van der Waals surface area (Å²) in [6.07, 6.45) is 6.59. The Morgan fingerprint density at radius 1 is 1.12 bits per heavy atom. The molecule has 42 heavy (non-hydrogen) atoms. The molecule has 1 atom stereocenters. The number of hydrogen-bond donors (Lipinski definition) is 2. The van der Waals surface area contributed by atoms with Crippen LogP contribution in [0.15, 0.2) is 55.1 Å². The van der Waals surface area contributed by atoms with Crippen LogP contribution >= 0.6 is 0 Å². The van der Waals surface area contributed by atoms with Crippen molar-refractivity contribution in [2.45, 2.75) is 58.8 Å². The van der Waals surface area contributed by atoms with E-state index in [4.69, 9.17) is 24.2 Å². The van der Waals surface area contributed by atoms with Crippen LogP contribution in [0.1, 0.15) is 56.6 Å². The second-order valence-corrected chi connectivity index (χ2v) is 10.6. The zero-order chi connectivity index (χ0) is 30.4. The van der Waals surface area contributed by atoms with Crippen LogP contribution in [-0.4, -0.2) is 46.9 Å². The SMILES string of the molecule is C=Cc1nc2c3c(c4ccccc4c2nc1/C=C\CC)OC(C)(C)C(O)C3.COc1ccc(CNC(C)=O)c(OC)c1. The molecule has 0 saturated heterocycles. The van der Waals surface area contributed by atoms with E-state index in [1.54, 1.807) is 26.4 Å². The fourth-order valence-electron chi connectivity index (χ4n) is 4.81. The highest BCUT2D eigenvalue weighted by Gasteiger charge is 2.38. The number of aliphatic hydroxyl groups is 1. The molecule has 1 unspecified atom stereocenters. The summed E-state index contributed by atoms with van der Waals surface area (Å²) in [5.74, 6) is 2.18. The first-order valence-electron chi connectivity index (χ1n) is 14.0. The van der Waals surface area contributed by atoms with Gasteiger partial charge in [0.2, 0.25) is 5.91 Å². The van der Waals surface area contributed by atoms with Crippen LogP contribution in [0.5, 0.6) is 17.2 Å². The van der Waals surface area contributed by atoms with E-state index < -0.39 is 11.7 Å². The number of fused-ring (bicyclic) bond motifs is 6. The lowest BCUT2D eigenvalue weighted by atomic mass is 9.88. The largest absolute Gasteiger partial charge is 0.497 e. The lowest BCUT2D eigenvalue weighted by Crippen LogP contribution is -2.46. The third-order valence-electron chi connectivity index (χ3n) is 7.23. The fourth-order valence-corrected chi connectivity index (χ4v) is 4.81.